The molecular formula is C21H26ClN5O2. The summed E-state index contributed by atoms with van der Waals surface area (Å²) in [7, 11) is 0. The summed E-state index contributed by atoms with van der Waals surface area (Å²) >= 11 is 5.78. The first kappa shape index (κ1) is 19.9. The summed E-state index contributed by atoms with van der Waals surface area (Å²) in [4.78, 5) is 22.9. The second-order valence-corrected chi connectivity index (χ2v) is 8.17. The van der Waals surface area contributed by atoms with E-state index >= 15 is 0 Å². The van der Waals surface area contributed by atoms with Gasteiger partial charge >= 0.3 is 6.03 Å². The molecule has 2 fully saturated rings. The van der Waals surface area contributed by atoms with Crippen LogP contribution in [0.1, 0.15) is 31.2 Å². The Balaban J connectivity index is 1.18. The molecule has 2 amide bonds. The average molecular weight is 416 g/mol. The predicted octanol–water partition coefficient (Wildman–Crippen LogP) is 3.70. The van der Waals surface area contributed by atoms with Crippen molar-refractivity contribution < 1.29 is 9.53 Å². The molecular weight excluding hydrogens is 390 g/mol. The summed E-state index contributed by atoms with van der Waals surface area (Å²) in [5.41, 5.74) is 0.899. The van der Waals surface area contributed by atoms with Gasteiger partial charge in [0.25, 0.3) is 0 Å². The fourth-order valence-electron chi connectivity index (χ4n) is 3.42. The maximum Gasteiger partial charge on any atom is 0.320 e. The highest BCUT2D eigenvalue weighted by Gasteiger charge is 2.27. The second kappa shape index (κ2) is 9.41. The number of hydrogen-bond acceptors (Lipinski definition) is 5. The summed E-state index contributed by atoms with van der Waals surface area (Å²) in [6.45, 7) is 3.85. The van der Waals surface area contributed by atoms with E-state index in [4.69, 9.17) is 16.3 Å². The number of halogens is 1. The van der Waals surface area contributed by atoms with Crippen molar-refractivity contribution in [1.82, 2.24) is 20.2 Å². The van der Waals surface area contributed by atoms with Crippen molar-refractivity contribution in [1.29, 1.82) is 0 Å². The molecule has 7 nitrogen and oxygen atoms in total. The van der Waals surface area contributed by atoms with E-state index in [0.29, 0.717) is 23.3 Å². The minimum Gasteiger partial charge on any atom is -0.474 e. The van der Waals surface area contributed by atoms with Gasteiger partial charge in [0.2, 0.25) is 5.88 Å². The molecule has 2 N–H and O–H groups in total. The summed E-state index contributed by atoms with van der Waals surface area (Å²) in [5, 5.41) is 5.96. The van der Waals surface area contributed by atoms with Crippen LogP contribution in [0.3, 0.4) is 0 Å². The normalized spacial score (nSPS) is 17.7. The van der Waals surface area contributed by atoms with E-state index in [1.807, 2.05) is 12.1 Å². The molecule has 0 bridgehead atoms. The highest BCUT2D eigenvalue weighted by Crippen LogP contribution is 2.30. The van der Waals surface area contributed by atoms with Gasteiger partial charge in [-0.25, -0.2) is 14.8 Å². The van der Waals surface area contributed by atoms with E-state index in [2.05, 4.69) is 25.5 Å². The highest BCUT2D eigenvalue weighted by molar-refractivity contribution is 6.30. The maximum absolute atomic E-state index is 12.0. The number of rotatable bonds is 7. The summed E-state index contributed by atoms with van der Waals surface area (Å²) in [6.07, 6.45) is 8.37. The molecule has 2 aromatic heterocycles. The molecule has 0 unspecified atom stereocenters. The third-order valence-corrected chi connectivity index (χ3v) is 5.48. The predicted molar refractivity (Wildman–Crippen MR) is 112 cm³/mol. The number of nitrogens with one attached hydrogen (secondary N) is 2. The quantitative estimate of drug-likeness (QED) is 0.720. The molecule has 3 heterocycles. The van der Waals surface area contributed by atoms with Crippen LogP contribution in [-0.4, -0.2) is 46.6 Å². The number of hydrogen-bond donors (Lipinski definition) is 2. The average Bonchev–Trinajstić information content (AvgIpc) is 3.55. The smallest absolute Gasteiger partial charge is 0.320 e. The number of pyridine rings is 2. The van der Waals surface area contributed by atoms with Gasteiger partial charge in [-0.15, -0.1) is 0 Å². The lowest BCUT2D eigenvalue weighted by Gasteiger charge is -2.31. The van der Waals surface area contributed by atoms with Gasteiger partial charge in [-0.1, -0.05) is 17.7 Å². The van der Waals surface area contributed by atoms with Crippen molar-refractivity contribution in [3.05, 3.63) is 47.2 Å². The van der Waals surface area contributed by atoms with E-state index in [-0.39, 0.29) is 12.1 Å². The lowest BCUT2D eigenvalue weighted by molar-refractivity contribution is 0.0944. The van der Waals surface area contributed by atoms with Crippen molar-refractivity contribution in [2.45, 2.75) is 38.3 Å². The molecule has 154 valence electrons. The number of piperidine rings is 1. The van der Waals surface area contributed by atoms with Crippen molar-refractivity contribution >= 4 is 23.4 Å². The number of amides is 2. The zero-order chi connectivity index (χ0) is 20.1. The highest BCUT2D eigenvalue weighted by atomic mass is 35.5. The topological polar surface area (TPSA) is 79.4 Å². The molecule has 0 aromatic carbocycles. The number of nitrogens with zero attached hydrogens (tertiary/aromatic N) is 3. The Morgan fingerprint density at radius 2 is 1.93 bits per heavy atom. The first-order valence-corrected chi connectivity index (χ1v) is 10.5. The van der Waals surface area contributed by atoms with Crippen LogP contribution >= 0.6 is 11.6 Å². The van der Waals surface area contributed by atoms with Crippen LogP contribution in [0.2, 0.25) is 5.02 Å². The first-order valence-electron chi connectivity index (χ1n) is 10.1. The number of urea groups is 1. The van der Waals surface area contributed by atoms with Crippen molar-refractivity contribution in [3.8, 4) is 5.88 Å². The zero-order valence-electron chi connectivity index (χ0n) is 16.3. The van der Waals surface area contributed by atoms with E-state index in [1.165, 1.54) is 25.6 Å². The third kappa shape index (κ3) is 6.30. The summed E-state index contributed by atoms with van der Waals surface area (Å²) < 4.78 is 6.04. The minimum atomic E-state index is -0.335. The standard InChI is InChI=1S/C21H26ClN5O2/c22-17-4-5-19(23-13-17)26-21(28)25-12-16-3-6-20(24-11-16)29-18-7-9-27(10-8-18)14-15-1-2-15/h3-6,11,13,15,18H,1-2,7-10,12,14H2,(H2,23,25,26,28). The number of anilines is 1. The van der Waals surface area contributed by atoms with E-state index in [9.17, 15) is 4.79 Å². The Hall–Kier alpha value is -2.38. The van der Waals surface area contributed by atoms with Crippen LogP contribution in [0.4, 0.5) is 10.6 Å². The SMILES string of the molecule is O=C(NCc1ccc(OC2CCN(CC3CC3)CC2)nc1)Nc1ccc(Cl)cn1. The molecule has 29 heavy (non-hydrogen) atoms. The fraction of sp³-hybridized carbons (Fsp3) is 0.476. The zero-order valence-corrected chi connectivity index (χ0v) is 17.1. The Labute approximate surface area is 175 Å². The van der Waals surface area contributed by atoms with Crippen molar-refractivity contribution in [2.75, 3.05) is 25.0 Å². The lowest BCUT2D eigenvalue weighted by Crippen LogP contribution is -2.39. The van der Waals surface area contributed by atoms with Gasteiger partial charge in [0.05, 0.1) is 5.02 Å². The molecule has 0 radical (unpaired) electrons. The largest absolute Gasteiger partial charge is 0.474 e. The number of carbonyl (C=O) groups is 1. The van der Waals surface area contributed by atoms with E-state index < -0.39 is 0 Å². The maximum atomic E-state index is 12.0. The van der Waals surface area contributed by atoms with Gasteiger partial charge in [0, 0.05) is 44.6 Å². The lowest BCUT2D eigenvalue weighted by atomic mass is 10.1. The van der Waals surface area contributed by atoms with Crippen LogP contribution in [0.25, 0.3) is 0 Å². The second-order valence-electron chi connectivity index (χ2n) is 7.74. The van der Waals surface area contributed by atoms with Gasteiger partial charge in [-0.3, -0.25) is 5.32 Å². The van der Waals surface area contributed by atoms with Gasteiger partial charge in [0.15, 0.2) is 0 Å². The van der Waals surface area contributed by atoms with Crippen LogP contribution < -0.4 is 15.4 Å². The van der Waals surface area contributed by atoms with E-state index in [1.54, 1.807) is 18.3 Å². The summed E-state index contributed by atoms with van der Waals surface area (Å²) in [6, 6.07) is 6.77. The number of aromatic nitrogens is 2. The molecule has 2 aromatic rings. The molecule has 1 aliphatic carbocycles. The Kier molecular flexibility index (Phi) is 6.46. The fourth-order valence-corrected chi connectivity index (χ4v) is 3.54. The van der Waals surface area contributed by atoms with Crippen LogP contribution in [0, 0.1) is 5.92 Å². The Morgan fingerprint density at radius 1 is 1.10 bits per heavy atom. The molecule has 1 saturated heterocycles. The Bertz CT molecular complexity index is 803. The molecule has 2 aliphatic rings. The molecule has 1 saturated carbocycles. The molecule has 1 aliphatic heterocycles. The van der Waals surface area contributed by atoms with Gasteiger partial charge in [-0.2, -0.15) is 0 Å². The van der Waals surface area contributed by atoms with Crippen molar-refractivity contribution in [3.63, 3.8) is 0 Å². The molecule has 0 atom stereocenters. The van der Waals surface area contributed by atoms with E-state index in [0.717, 1.165) is 37.4 Å². The third-order valence-electron chi connectivity index (χ3n) is 5.25. The number of carbonyl (C=O) groups excluding carboxylic acids is 1. The molecule has 8 heteroatoms. The number of ether oxygens (including phenoxy) is 1. The van der Waals surface area contributed by atoms with Crippen LogP contribution in [0.5, 0.6) is 5.88 Å². The van der Waals surface area contributed by atoms with Crippen molar-refractivity contribution in [2.24, 2.45) is 5.92 Å². The van der Waals surface area contributed by atoms with Gasteiger partial charge in [-0.05, 0) is 49.3 Å². The molecule has 0 spiro atoms. The first-order chi connectivity index (χ1) is 14.1. The van der Waals surface area contributed by atoms with Crippen LogP contribution in [-0.2, 0) is 6.54 Å². The summed E-state index contributed by atoms with van der Waals surface area (Å²) in [5.74, 6) is 2.03. The van der Waals surface area contributed by atoms with Crippen LogP contribution in [0.15, 0.2) is 36.7 Å². The van der Waals surface area contributed by atoms with Gasteiger partial charge in [0.1, 0.15) is 11.9 Å². The van der Waals surface area contributed by atoms with Gasteiger partial charge < -0.3 is 15.0 Å². The minimum absolute atomic E-state index is 0.236. The molecule has 4 rings (SSSR count). The monoisotopic (exact) mass is 415 g/mol. The Morgan fingerprint density at radius 3 is 2.59 bits per heavy atom. The number of likely N-dealkylation sites (tertiary alicyclic amines) is 1.